The second-order valence-electron chi connectivity index (χ2n) is 12.2. The highest BCUT2D eigenvalue weighted by Gasteiger charge is 2.58. The third kappa shape index (κ3) is 3.94. The fraction of sp³-hybridized carbons (Fsp3) is 0.581. The molecule has 1 aromatic heterocycles. The molecule has 2 fully saturated rings. The van der Waals surface area contributed by atoms with Crippen molar-refractivity contribution < 1.29 is 13.9 Å². The maximum atomic E-state index is 13.0. The van der Waals surface area contributed by atoms with E-state index in [0.717, 1.165) is 56.9 Å². The summed E-state index contributed by atoms with van der Waals surface area (Å²) in [5, 5.41) is 14.8. The van der Waals surface area contributed by atoms with Gasteiger partial charge in [-0.05, 0) is 110 Å². The molecule has 0 saturated heterocycles. The molecule has 36 heavy (non-hydrogen) atoms. The lowest BCUT2D eigenvalue weighted by atomic mass is 9.58. The van der Waals surface area contributed by atoms with Gasteiger partial charge in [0, 0.05) is 23.8 Å². The molecule has 5 heteroatoms. The molecule has 0 radical (unpaired) electrons. The number of halogens is 2. The first-order valence-electron chi connectivity index (χ1n) is 13.7. The van der Waals surface area contributed by atoms with Gasteiger partial charge >= 0.3 is 0 Å². The highest BCUT2D eigenvalue weighted by atomic mass is 19.3. The summed E-state index contributed by atoms with van der Waals surface area (Å²) in [5.41, 5.74) is 3.15. The molecule has 3 nitrogen and oxygen atoms in total. The lowest BCUT2D eigenvalue weighted by Crippen LogP contribution is -2.49. The van der Waals surface area contributed by atoms with Crippen LogP contribution >= 0.6 is 0 Å². The van der Waals surface area contributed by atoms with Crippen LogP contribution in [-0.4, -0.2) is 46.7 Å². The zero-order chi connectivity index (χ0) is 25.1. The number of hydrogen-bond donors (Lipinski definition) is 1. The Morgan fingerprint density at radius 2 is 2.00 bits per heavy atom. The summed E-state index contributed by atoms with van der Waals surface area (Å²) in [6, 6.07) is 9.07. The molecule has 0 spiro atoms. The molecule has 6 atom stereocenters. The molecule has 4 aliphatic rings. The van der Waals surface area contributed by atoms with Gasteiger partial charge in [-0.1, -0.05) is 36.8 Å². The van der Waals surface area contributed by atoms with Crippen molar-refractivity contribution >= 4 is 10.8 Å². The van der Waals surface area contributed by atoms with E-state index in [-0.39, 0.29) is 23.9 Å². The van der Waals surface area contributed by atoms with Crippen molar-refractivity contribution in [2.45, 2.75) is 82.3 Å². The summed E-state index contributed by atoms with van der Waals surface area (Å²) in [6.45, 7) is 2.24. The van der Waals surface area contributed by atoms with Crippen LogP contribution in [-0.2, 0) is 0 Å². The molecule has 5 unspecified atom stereocenters. The average Bonchev–Trinajstić information content (AvgIpc) is 3.15. The monoisotopic (exact) mass is 492 g/mol. The van der Waals surface area contributed by atoms with E-state index in [0.29, 0.717) is 11.8 Å². The lowest BCUT2D eigenvalue weighted by Gasteiger charge is -2.49. The van der Waals surface area contributed by atoms with E-state index < -0.39 is 12.0 Å². The van der Waals surface area contributed by atoms with Crippen LogP contribution in [0.3, 0.4) is 0 Å². The van der Waals surface area contributed by atoms with Crippen molar-refractivity contribution in [3.05, 3.63) is 65.5 Å². The zero-order valence-corrected chi connectivity index (χ0v) is 21.5. The van der Waals surface area contributed by atoms with E-state index in [1.165, 1.54) is 21.9 Å². The van der Waals surface area contributed by atoms with Gasteiger partial charge in [0.1, 0.15) is 0 Å². The molecule has 0 bridgehead atoms. The summed E-state index contributed by atoms with van der Waals surface area (Å²) in [7, 11) is 1.84. The normalized spacial score (nSPS) is 36.2. The number of hydrogen-bond acceptors (Lipinski definition) is 3. The first-order chi connectivity index (χ1) is 17.3. The van der Waals surface area contributed by atoms with Gasteiger partial charge in [-0.15, -0.1) is 0 Å². The molecule has 2 saturated carbocycles. The molecule has 1 aromatic carbocycles. The number of aromatic nitrogens is 1. The second-order valence-corrected chi connectivity index (χ2v) is 12.2. The smallest absolute Gasteiger partial charge is 0.251 e. The van der Waals surface area contributed by atoms with Gasteiger partial charge in [-0.25, -0.2) is 8.78 Å². The highest BCUT2D eigenvalue weighted by molar-refractivity contribution is 5.82. The van der Waals surface area contributed by atoms with Crippen LogP contribution in [0.2, 0.25) is 0 Å². The van der Waals surface area contributed by atoms with Crippen molar-refractivity contribution in [1.29, 1.82) is 0 Å². The number of rotatable bonds is 4. The molecule has 0 amide bonds. The highest BCUT2D eigenvalue weighted by Crippen LogP contribution is 2.64. The number of nitrogens with zero attached hydrogens (tertiary/aromatic N) is 2. The third-order valence-electron chi connectivity index (χ3n) is 10.4. The molecule has 1 N–H and O–H groups in total. The Balaban J connectivity index is 1.26. The molecule has 6 rings (SSSR count). The van der Waals surface area contributed by atoms with Crippen LogP contribution in [0, 0.1) is 17.3 Å². The molecule has 0 aliphatic heterocycles. The molecule has 4 aliphatic carbocycles. The summed E-state index contributed by atoms with van der Waals surface area (Å²) in [6.07, 6.45) is 13.8. The minimum atomic E-state index is -2.29. The SMILES string of the molecule is CN(CC(F)F)C1CCC2=CC3=CCC4(C)C(c5ccc6ccncc6c5)CCC4[C@@]3(O)CCC2C1. The molecular weight excluding hydrogens is 454 g/mol. The summed E-state index contributed by atoms with van der Waals surface area (Å²) in [5.74, 6) is 1.03. The van der Waals surface area contributed by atoms with Gasteiger partial charge in [0.25, 0.3) is 6.43 Å². The third-order valence-corrected chi connectivity index (χ3v) is 10.4. The predicted molar refractivity (Wildman–Crippen MR) is 140 cm³/mol. The minimum absolute atomic E-state index is 0.0160. The number of pyridine rings is 1. The van der Waals surface area contributed by atoms with Gasteiger partial charge in [-0.3, -0.25) is 9.88 Å². The van der Waals surface area contributed by atoms with Gasteiger partial charge in [0.2, 0.25) is 0 Å². The number of alkyl halides is 2. The largest absolute Gasteiger partial charge is 0.385 e. The Labute approximate surface area is 213 Å². The van der Waals surface area contributed by atoms with Crippen molar-refractivity contribution in [2.24, 2.45) is 17.3 Å². The van der Waals surface area contributed by atoms with Gasteiger partial charge in [0.05, 0.1) is 12.1 Å². The fourth-order valence-electron chi connectivity index (χ4n) is 8.37. The van der Waals surface area contributed by atoms with Crippen LogP contribution in [0.4, 0.5) is 8.78 Å². The van der Waals surface area contributed by atoms with Crippen LogP contribution in [0.1, 0.15) is 69.8 Å². The Morgan fingerprint density at radius 1 is 1.14 bits per heavy atom. The van der Waals surface area contributed by atoms with E-state index in [2.05, 4.69) is 48.3 Å². The van der Waals surface area contributed by atoms with E-state index in [9.17, 15) is 13.9 Å². The van der Waals surface area contributed by atoms with Gasteiger partial charge < -0.3 is 5.11 Å². The van der Waals surface area contributed by atoms with Crippen LogP contribution in [0.25, 0.3) is 10.8 Å². The maximum absolute atomic E-state index is 13.0. The maximum Gasteiger partial charge on any atom is 0.251 e. The predicted octanol–water partition coefficient (Wildman–Crippen LogP) is 6.88. The summed E-state index contributed by atoms with van der Waals surface area (Å²) in [4.78, 5) is 6.18. The van der Waals surface area contributed by atoms with E-state index in [1.54, 1.807) is 0 Å². The first-order valence-corrected chi connectivity index (χ1v) is 13.7. The molecule has 2 aromatic rings. The van der Waals surface area contributed by atoms with Crippen molar-refractivity contribution in [3.63, 3.8) is 0 Å². The van der Waals surface area contributed by atoms with Crippen LogP contribution in [0.15, 0.2) is 60.0 Å². The standard InChI is InChI=1S/C31H38F2N2O/c1-30-12-10-25-16-21-5-6-26(35(2)19-29(32)33)17-22(21)9-13-31(25,36)28(30)8-7-27(30)23-4-3-20-11-14-34-18-24(20)15-23/h3-4,10-11,14-16,18,22,26-29,36H,5-9,12-13,17,19H2,1-2H3/t22?,26?,27?,28?,30?,31-/m1/s1. The summed E-state index contributed by atoms with van der Waals surface area (Å²) >= 11 is 0. The fourth-order valence-corrected chi connectivity index (χ4v) is 8.37. The average molecular weight is 493 g/mol. The van der Waals surface area contributed by atoms with Crippen LogP contribution in [0.5, 0.6) is 0 Å². The Hall–Kier alpha value is -2.11. The quantitative estimate of drug-likeness (QED) is 0.505. The molecular formula is C31H38F2N2O. The zero-order valence-electron chi connectivity index (χ0n) is 21.5. The summed E-state index contributed by atoms with van der Waals surface area (Å²) < 4.78 is 26.0. The van der Waals surface area contributed by atoms with Gasteiger partial charge in [-0.2, -0.15) is 0 Å². The number of aliphatic hydroxyl groups is 1. The topological polar surface area (TPSA) is 36.4 Å². The van der Waals surface area contributed by atoms with Gasteiger partial charge in [0.15, 0.2) is 0 Å². The van der Waals surface area contributed by atoms with Crippen molar-refractivity contribution in [2.75, 3.05) is 13.6 Å². The second kappa shape index (κ2) is 9.02. The van der Waals surface area contributed by atoms with Crippen LogP contribution < -0.4 is 0 Å². The van der Waals surface area contributed by atoms with E-state index >= 15 is 0 Å². The number of fused-ring (bicyclic) bond motifs is 5. The molecule has 192 valence electrons. The number of allylic oxidation sites excluding steroid dienone is 2. The Kier molecular flexibility index (Phi) is 6.07. The van der Waals surface area contributed by atoms with Crippen molar-refractivity contribution in [1.82, 2.24) is 9.88 Å². The number of benzene rings is 1. The minimum Gasteiger partial charge on any atom is -0.385 e. The Morgan fingerprint density at radius 3 is 2.83 bits per heavy atom. The Bertz CT molecular complexity index is 1210. The lowest BCUT2D eigenvalue weighted by molar-refractivity contribution is -0.0476. The van der Waals surface area contributed by atoms with Crippen molar-refractivity contribution in [3.8, 4) is 0 Å². The van der Waals surface area contributed by atoms with E-state index in [1.807, 2.05) is 24.3 Å². The first kappa shape index (κ1) is 24.2. The van der Waals surface area contributed by atoms with E-state index in [4.69, 9.17) is 0 Å². The molecule has 1 heterocycles.